The van der Waals surface area contributed by atoms with Crippen molar-refractivity contribution in [3.63, 3.8) is 0 Å². The Balaban J connectivity index is 1.85. The van der Waals surface area contributed by atoms with Crippen LogP contribution in [0.15, 0.2) is 18.2 Å². The minimum atomic E-state index is -0.308. The number of benzene rings is 1. The minimum Gasteiger partial charge on any atom is -0.492 e. The number of rotatable bonds is 5. The summed E-state index contributed by atoms with van der Waals surface area (Å²) in [7, 11) is 0. The van der Waals surface area contributed by atoms with Gasteiger partial charge in [0, 0.05) is 12.6 Å². The average molecular weight is 276 g/mol. The van der Waals surface area contributed by atoms with Crippen molar-refractivity contribution >= 4 is 0 Å². The molecular formula is C16H21FN2O. The SMILES string of the molecule is NCC#Cc1ccc(F)cc1OCCCN1CCCC1. The van der Waals surface area contributed by atoms with Gasteiger partial charge in [0.15, 0.2) is 0 Å². The first-order valence-corrected chi connectivity index (χ1v) is 7.13. The van der Waals surface area contributed by atoms with Crippen molar-refractivity contribution in [1.82, 2.24) is 4.90 Å². The Bertz CT molecular complexity index is 487. The molecule has 2 rings (SSSR count). The molecule has 0 unspecified atom stereocenters. The second-order valence-corrected chi connectivity index (χ2v) is 4.90. The third-order valence-corrected chi connectivity index (χ3v) is 3.34. The van der Waals surface area contributed by atoms with Crippen LogP contribution in [0.25, 0.3) is 0 Å². The number of hydrogen-bond donors (Lipinski definition) is 1. The van der Waals surface area contributed by atoms with E-state index in [1.54, 1.807) is 6.07 Å². The van der Waals surface area contributed by atoms with Gasteiger partial charge in [-0.3, -0.25) is 0 Å². The summed E-state index contributed by atoms with van der Waals surface area (Å²) in [5.74, 6) is 5.87. The molecule has 0 saturated carbocycles. The molecule has 1 heterocycles. The van der Waals surface area contributed by atoms with Crippen molar-refractivity contribution in [2.75, 3.05) is 32.8 Å². The fourth-order valence-corrected chi connectivity index (χ4v) is 2.34. The number of halogens is 1. The van der Waals surface area contributed by atoms with E-state index in [9.17, 15) is 4.39 Å². The highest BCUT2D eigenvalue weighted by Gasteiger charge is 2.10. The molecule has 108 valence electrons. The van der Waals surface area contributed by atoms with Crippen LogP contribution in [0.2, 0.25) is 0 Å². The molecule has 4 heteroatoms. The molecule has 0 aromatic heterocycles. The zero-order valence-electron chi connectivity index (χ0n) is 11.7. The molecule has 3 nitrogen and oxygen atoms in total. The Hall–Kier alpha value is -1.57. The predicted molar refractivity (Wildman–Crippen MR) is 78.1 cm³/mol. The highest BCUT2D eigenvalue weighted by molar-refractivity contribution is 5.46. The molecule has 0 aliphatic carbocycles. The maximum atomic E-state index is 13.3. The Labute approximate surface area is 119 Å². The Kier molecular flexibility index (Phi) is 5.85. The fraction of sp³-hybridized carbons (Fsp3) is 0.500. The lowest BCUT2D eigenvalue weighted by Crippen LogP contribution is -2.22. The molecule has 1 aromatic rings. The molecule has 2 N–H and O–H groups in total. The van der Waals surface area contributed by atoms with Crippen molar-refractivity contribution in [3.05, 3.63) is 29.6 Å². The molecule has 1 aromatic carbocycles. The van der Waals surface area contributed by atoms with Crippen molar-refractivity contribution in [2.24, 2.45) is 5.73 Å². The Morgan fingerprint density at radius 3 is 2.85 bits per heavy atom. The van der Waals surface area contributed by atoms with Gasteiger partial charge in [0.05, 0.1) is 18.7 Å². The number of nitrogens with zero attached hydrogens (tertiary/aromatic N) is 1. The van der Waals surface area contributed by atoms with E-state index in [1.807, 2.05) is 0 Å². The Morgan fingerprint density at radius 2 is 2.10 bits per heavy atom. The van der Waals surface area contributed by atoms with Crippen LogP contribution in [0.1, 0.15) is 24.8 Å². The highest BCUT2D eigenvalue weighted by atomic mass is 19.1. The summed E-state index contributed by atoms with van der Waals surface area (Å²) in [6.07, 6.45) is 3.54. The van der Waals surface area contributed by atoms with E-state index in [2.05, 4.69) is 16.7 Å². The number of likely N-dealkylation sites (tertiary alicyclic amines) is 1. The first kappa shape index (κ1) is 14.8. The van der Waals surface area contributed by atoms with Crippen molar-refractivity contribution in [3.8, 4) is 17.6 Å². The molecule has 0 bridgehead atoms. The van der Waals surface area contributed by atoms with Gasteiger partial charge in [-0.25, -0.2) is 4.39 Å². The van der Waals surface area contributed by atoms with Crippen LogP contribution in [-0.2, 0) is 0 Å². The van der Waals surface area contributed by atoms with Crippen LogP contribution >= 0.6 is 0 Å². The number of hydrogen-bond acceptors (Lipinski definition) is 3. The van der Waals surface area contributed by atoms with E-state index in [0.29, 0.717) is 17.9 Å². The lowest BCUT2D eigenvalue weighted by Gasteiger charge is -2.14. The summed E-state index contributed by atoms with van der Waals surface area (Å²) in [6.45, 7) is 4.28. The molecule has 0 radical (unpaired) electrons. The molecule has 1 saturated heterocycles. The van der Waals surface area contributed by atoms with Gasteiger partial charge >= 0.3 is 0 Å². The van der Waals surface area contributed by atoms with Crippen LogP contribution in [0.3, 0.4) is 0 Å². The van der Waals surface area contributed by atoms with Crippen molar-refractivity contribution < 1.29 is 9.13 Å². The maximum Gasteiger partial charge on any atom is 0.137 e. The smallest absolute Gasteiger partial charge is 0.137 e. The number of ether oxygens (including phenoxy) is 1. The summed E-state index contributed by atoms with van der Waals surface area (Å²) in [6, 6.07) is 4.40. The zero-order chi connectivity index (χ0) is 14.2. The van der Waals surface area contributed by atoms with Gasteiger partial charge < -0.3 is 15.4 Å². The first-order valence-electron chi connectivity index (χ1n) is 7.13. The van der Waals surface area contributed by atoms with E-state index in [4.69, 9.17) is 10.5 Å². The quantitative estimate of drug-likeness (QED) is 0.660. The Morgan fingerprint density at radius 1 is 1.30 bits per heavy atom. The van der Waals surface area contributed by atoms with Crippen LogP contribution in [-0.4, -0.2) is 37.7 Å². The molecular weight excluding hydrogens is 255 g/mol. The van der Waals surface area contributed by atoms with Gasteiger partial charge in [-0.1, -0.05) is 11.8 Å². The highest BCUT2D eigenvalue weighted by Crippen LogP contribution is 2.19. The normalized spacial score (nSPS) is 14.9. The van der Waals surface area contributed by atoms with Crippen LogP contribution in [0, 0.1) is 17.7 Å². The van der Waals surface area contributed by atoms with E-state index in [0.717, 1.165) is 13.0 Å². The maximum absolute atomic E-state index is 13.3. The molecule has 0 atom stereocenters. The molecule has 1 aliphatic heterocycles. The van der Waals surface area contributed by atoms with Crippen molar-refractivity contribution in [1.29, 1.82) is 0 Å². The summed E-state index contributed by atoms with van der Waals surface area (Å²) in [4.78, 5) is 2.43. The van der Waals surface area contributed by atoms with Gasteiger partial charge in [0.1, 0.15) is 11.6 Å². The van der Waals surface area contributed by atoms with Gasteiger partial charge in [-0.2, -0.15) is 0 Å². The lowest BCUT2D eigenvalue weighted by molar-refractivity contribution is 0.262. The summed E-state index contributed by atoms with van der Waals surface area (Å²) >= 11 is 0. The molecule has 1 fully saturated rings. The molecule has 0 spiro atoms. The van der Waals surface area contributed by atoms with E-state index >= 15 is 0 Å². The van der Waals surface area contributed by atoms with Gasteiger partial charge in [0.2, 0.25) is 0 Å². The molecule has 1 aliphatic rings. The minimum absolute atomic E-state index is 0.284. The average Bonchev–Trinajstić information content (AvgIpc) is 2.96. The number of nitrogens with two attached hydrogens (primary N) is 1. The van der Waals surface area contributed by atoms with E-state index in [1.165, 1.54) is 38.1 Å². The lowest BCUT2D eigenvalue weighted by atomic mass is 10.2. The third kappa shape index (κ3) is 4.52. The zero-order valence-corrected chi connectivity index (χ0v) is 11.7. The second-order valence-electron chi connectivity index (χ2n) is 4.90. The monoisotopic (exact) mass is 276 g/mol. The second kappa shape index (κ2) is 7.88. The van der Waals surface area contributed by atoms with Crippen LogP contribution in [0.4, 0.5) is 4.39 Å². The van der Waals surface area contributed by atoms with Crippen molar-refractivity contribution in [2.45, 2.75) is 19.3 Å². The summed E-state index contributed by atoms with van der Waals surface area (Å²) < 4.78 is 18.9. The molecule has 0 amide bonds. The largest absolute Gasteiger partial charge is 0.492 e. The topological polar surface area (TPSA) is 38.5 Å². The summed E-state index contributed by atoms with van der Waals surface area (Å²) in [5.41, 5.74) is 6.05. The van der Waals surface area contributed by atoms with Gasteiger partial charge in [-0.15, -0.1) is 0 Å². The van der Waals surface area contributed by atoms with Gasteiger partial charge in [-0.05, 0) is 44.5 Å². The third-order valence-electron chi connectivity index (χ3n) is 3.34. The molecule has 20 heavy (non-hydrogen) atoms. The predicted octanol–water partition coefficient (Wildman–Crippen LogP) is 2.00. The fourth-order valence-electron chi connectivity index (χ4n) is 2.34. The standard InChI is InChI=1S/C16H21FN2O/c17-15-7-6-14(5-3-8-18)16(13-15)20-12-4-11-19-9-1-2-10-19/h6-7,13H,1-2,4,8-12,18H2. The van der Waals surface area contributed by atoms with Crippen LogP contribution < -0.4 is 10.5 Å². The first-order chi connectivity index (χ1) is 9.79. The van der Waals surface area contributed by atoms with Crippen LogP contribution in [0.5, 0.6) is 5.75 Å². The summed E-state index contributed by atoms with van der Waals surface area (Å²) in [5, 5.41) is 0. The van der Waals surface area contributed by atoms with Gasteiger partial charge in [0.25, 0.3) is 0 Å². The van der Waals surface area contributed by atoms with E-state index < -0.39 is 0 Å². The van der Waals surface area contributed by atoms with E-state index in [-0.39, 0.29) is 12.4 Å².